The van der Waals surface area contributed by atoms with Crippen LogP contribution >= 0.6 is 0 Å². The van der Waals surface area contributed by atoms with Gasteiger partial charge in [-0.1, -0.05) is 12.1 Å². The van der Waals surface area contributed by atoms with E-state index in [-0.39, 0.29) is 11.4 Å². The molecule has 24 heavy (non-hydrogen) atoms. The van der Waals surface area contributed by atoms with Gasteiger partial charge in [0, 0.05) is 23.1 Å². The normalized spacial score (nSPS) is 11.7. The second-order valence-corrected chi connectivity index (χ2v) is 6.15. The summed E-state index contributed by atoms with van der Waals surface area (Å²) in [6.07, 6.45) is 3.10. The van der Waals surface area contributed by atoms with Crippen LogP contribution in [0.15, 0.2) is 53.1 Å². The Hall–Kier alpha value is -3.11. The summed E-state index contributed by atoms with van der Waals surface area (Å²) in [6.45, 7) is 0. The number of nitriles is 1. The molecular formula is C17H14N4O2S. The molecule has 1 unspecified atom stereocenters. The van der Waals surface area contributed by atoms with Crippen molar-refractivity contribution in [3.8, 4) is 28.7 Å². The van der Waals surface area contributed by atoms with Crippen molar-refractivity contribution in [2.45, 2.75) is 0 Å². The van der Waals surface area contributed by atoms with Gasteiger partial charge in [-0.3, -0.25) is 0 Å². The number of benzene rings is 1. The minimum atomic E-state index is -1.13. The summed E-state index contributed by atoms with van der Waals surface area (Å²) in [4.78, 5) is 4.31. The molecule has 3 aromatic rings. The number of hydrogen-bond donors (Lipinski definition) is 2. The smallest absolute Gasteiger partial charge is 0.142 e. The summed E-state index contributed by atoms with van der Waals surface area (Å²) in [5.74, 6) is 0.708. The van der Waals surface area contributed by atoms with Crippen LogP contribution in [0.3, 0.4) is 0 Å². The van der Waals surface area contributed by atoms with Gasteiger partial charge >= 0.3 is 0 Å². The predicted molar refractivity (Wildman–Crippen MR) is 94.2 cm³/mol. The molecule has 0 amide bonds. The third-order valence-corrected chi connectivity index (χ3v) is 3.91. The first-order valence-electron chi connectivity index (χ1n) is 7.03. The topological polar surface area (TPSA) is 105 Å². The summed E-state index contributed by atoms with van der Waals surface area (Å²) in [7, 11) is -1.13. The highest BCUT2D eigenvalue weighted by molar-refractivity contribution is 7.85. The number of nitrogens with zero attached hydrogens (tertiary/aromatic N) is 2. The van der Waals surface area contributed by atoms with Crippen LogP contribution < -0.4 is 10.5 Å². The number of nitrogens with one attached hydrogen (secondary N) is 1. The molecular weight excluding hydrogens is 324 g/mol. The summed E-state index contributed by atoms with van der Waals surface area (Å²) < 4.78 is 19.4. The van der Waals surface area contributed by atoms with Gasteiger partial charge < -0.3 is 14.9 Å². The first kappa shape index (κ1) is 15.8. The van der Waals surface area contributed by atoms with Crippen molar-refractivity contribution in [3.05, 3.63) is 54.3 Å². The first-order chi connectivity index (χ1) is 11.6. The van der Waals surface area contributed by atoms with Gasteiger partial charge in [-0.2, -0.15) is 5.26 Å². The van der Waals surface area contributed by atoms with Gasteiger partial charge in [-0.25, -0.2) is 9.19 Å². The summed E-state index contributed by atoms with van der Waals surface area (Å²) >= 11 is 0. The molecule has 3 rings (SSSR count). The molecule has 0 saturated carbocycles. The molecule has 6 nitrogen and oxygen atoms in total. The molecule has 0 bridgehead atoms. The number of rotatable bonds is 4. The standard InChI is InChI=1S/C17H14N4O2S/c1-24(22)21-12-6-4-11(5-7-12)15-9-13(16-3-2-8-23-16)14(10-18)17(19)20-15/h2-9,21H,1H3,(H2,19,20). The molecule has 1 aromatic carbocycles. The van der Waals surface area contributed by atoms with E-state index in [9.17, 15) is 9.47 Å². The second kappa shape index (κ2) is 6.56. The molecule has 120 valence electrons. The fourth-order valence-electron chi connectivity index (χ4n) is 2.33. The molecule has 3 N–H and O–H groups in total. The third kappa shape index (κ3) is 3.14. The van der Waals surface area contributed by atoms with Gasteiger partial charge in [0.25, 0.3) is 0 Å². The summed E-state index contributed by atoms with van der Waals surface area (Å²) in [5.41, 5.74) is 9.02. The van der Waals surface area contributed by atoms with Crippen molar-refractivity contribution >= 4 is 22.5 Å². The molecule has 0 aliphatic carbocycles. The average Bonchev–Trinajstić information content (AvgIpc) is 3.08. The van der Waals surface area contributed by atoms with E-state index < -0.39 is 11.0 Å². The number of nitrogens with two attached hydrogens (primary N) is 1. The van der Waals surface area contributed by atoms with Crippen molar-refractivity contribution < 1.29 is 8.63 Å². The maximum Gasteiger partial charge on any atom is 0.142 e. The zero-order valence-electron chi connectivity index (χ0n) is 12.8. The van der Waals surface area contributed by atoms with Crippen molar-refractivity contribution in [3.63, 3.8) is 0 Å². The van der Waals surface area contributed by atoms with Crippen LogP contribution in [0.4, 0.5) is 11.5 Å². The van der Waals surface area contributed by atoms with Gasteiger partial charge in [-0.15, -0.1) is 0 Å². The van der Waals surface area contributed by atoms with Crippen molar-refractivity contribution in [1.29, 1.82) is 5.26 Å². The van der Waals surface area contributed by atoms with Crippen molar-refractivity contribution in [1.82, 2.24) is 4.98 Å². The molecule has 2 heterocycles. The van der Waals surface area contributed by atoms with Crippen molar-refractivity contribution in [2.24, 2.45) is 0 Å². The lowest BCUT2D eigenvalue weighted by atomic mass is 10.0. The fourth-order valence-corrected chi connectivity index (χ4v) is 2.80. The molecule has 0 aliphatic heterocycles. The van der Waals surface area contributed by atoms with Gasteiger partial charge in [0.2, 0.25) is 0 Å². The summed E-state index contributed by atoms with van der Waals surface area (Å²) in [5, 5.41) is 9.33. The molecule has 2 aromatic heterocycles. The zero-order valence-corrected chi connectivity index (χ0v) is 13.6. The SMILES string of the molecule is CS(=O)Nc1ccc(-c2cc(-c3ccco3)c(C#N)c(N)n2)cc1. The Morgan fingerprint density at radius 3 is 2.62 bits per heavy atom. The van der Waals surface area contributed by atoms with Crippen LogP contribution in [0.2, 0.25) is 0 Å². The van der Waals surface area contributed by atoms with Crippen LogP contribution in [-0.2, 0) is 11.0 Å². The van der Waals surface area contributed by atoms with E-state index in [0.29, 0.717) is 17.0 Å². The molecule has 0 radical (unpaired) electrons. The minimum absolute atomic E-state index is 0.151. The minimum Gasteiger partial charge on any atom is -0.464 e. The Balaban J connectivity index is 2.06. The predicted octanol–water partition coefficient (Wildman–Crippen LogP) is 3.17. The zero-order chi connectivity index (χ0) is 17.1. The maximum absolute atomic E-state index is 11.2. The number of anilines is 2. The molecule has 0 saturated heterocycles. The Labute approximate surface area is 141 Å². The van der Waals surface area contributed by atoms with Gasteiger partial charge in [0.15, 0.2) is 0 Å². The van der Waals surface area contributed by atoms with Gasteiger partial charge in [0.05, 0.1) is 12.0 Å². The number of pyridine rings is 1. The highest BCUT2D eigenvalue weighted by atomic mass is 32.2. The molecule has 1 atom stereocenters. The highest BCUT2D eigenvalue weighted by Crippen LogP contribution is 2.31. The Kier molecular flexibility index (Phi) is 4.31. The van der Waals surface area contributed by atoms with Crippen LogP contribution in [0.25, 0.3) is 22.6 Å². The molecule has 0 fully saturated rings. The van der Waals surface area contributed by atoms with E-state index in [1.54, 1.807) is 36.6 Å². The van der Waals surface area contributed by atoms with Crippen LogP contribution in [0.1, 0.15) is 5.56 Å². The quantitative estimate of drug-likeness (QED) is 0.760. The van der Waals surface area contributed by atoms with Gasteiger partial charge in [-0.05, 0) is 30.3 Å². The summed E-state index contributed by atoms with van der Waals surface area (Å²) in [6, 6.07) is 14.7. The Bertz CT molecular complexity index is 928. The van der Waals surface area contributed by atoms with E-state index in [0.717, 1.165) is 11.3 Å². The lowest BCUT2D eigenvalue weighted by Crippen LogP contribution is -2.01. The van der Waals surface area contributed by atoms with Crippen LogP contribution in [0.5, 0.6) is 0 Å². The lowest BCUT2D eigenvalue weighted by Gasteiger charge is -2.09. The average molecular weight is 338 g/mol. The fraction of sp³-hybridized carbons (Fsp3) is 0.0588. The largest absolute Gasteiger partial charge is 0.464 e. The monoisotopic (exact) mass is 338 g/mol. The first-order valence-corrected chi connectivity index (χ1v) is 8.59. The van der Waals surface area contributed by atoms with Crippen LogP contribution in [0, 0.1) is 11.3 Å². The molecule has 0 aliphatic rings. The number of hydrogen-bond acceptors (Lipinski definition) is 5. The second-order valence-electron chi connectivity index (χ2n) is 5.04. The number of aromatic nitrogens is 1. The Morgan fingerprint density at radius 1 is 1.29 bits per heavy atom. The Morgan fingerprint density at radius 2 is 2.04 bits per heavy atom. The molecule has 0 spiro atoms. The number of nitrogen functional groups attached to an aromatic ring is 1. The van der Waals surface area contributed by atoms with Crippen molar-refractivity contribution in [2.75, 3.05) is 16.7 Å². The van der Waals surface area contributed by atoms with Gasteiger partial charge in [0.1, 0.15) is 34.2 Å². The lowest BCUT2D eigenvalue weighted by molar-refractivity contribution is 0.582. The van der Waals surface area contributed by atoms with E-state index in [2.05, 4.69) is 15.8 Å². The van der Waals surface area contributed by atoms with E-state index in [4.69, 9.17) is 10.2 Å². The van der Waals surface area contributed by atoms with E-state index >= 15 is 0 Å². The highest BCUT2D eigenvalue weighted by Gasteiger charge is 2.15. The van der Waals surface area contributed by atoms with Crippen LogP contribution in [-0.4, -0.2) is 15.4 Å². The molecule has 7 heteroatoms. The third-order valence-electron chi connectivity index (χ3n) is 3.39. The van der Waals surface area contributed by atoms with E-state index in [1.807, 2.05) is 12.1 Å². The van der Waals surface area contributed by atoms with E-state index in [1.165, 1.54) is 6.26 Å². The number of furan rings is 1. The maximum atomic E-state index is 11.2.